The Hall–Kier alpha value is -1.20. The van der Waals surface area contributed by atoms with E-state index in [4.69, 9.17) is 0 Å². The van der Waals surface area contributed by atoms with Crippen LogP contribution in [0.5, 0.6) is 0 Å². The molecule has 0 bridgehead atoms. The zero-order valence-corrected chi connectivity index (χ0v) is 16.9. The summed E-state index contributed by atoms with van der Waals surface area (Å²) in [5, 5.41) is 0. The van der Waals surface area contributed by atoms with Crippen LogP contribution in [0.3, 0.4) is 0 Å². The van der Waals surface area contributed by atoms with Gasteiger partial charge < -0.3 is 0 Å². The Morgan fingerprint density at radius 1 is 0.652 bits per heavy atom. The first-order valence-corrected chi connectivity index (χ1v) is 16.3. The molecular formula is C22H24Zr. The van der Waals surface area contributed by atoms with Crippen LogP contribution in [0.15, 0.2) is 59.7 Å². The topological polar surface area (TPSA) is 0 Å². The normalized spacial score (nSPS) is 22.4. The van der Waals surface area contributed by atoms with Crippen molar-refractivity contribution in [2.45, 2.75) is 30.4 Å². The first-order chi connectivity index (χ1) is 11.0. The van der Waals surface area contributed by atoms with Gasteiger partial charge in [0.15, 0.2) is 0 Å². The van der Waals surface area contributed by atoms with Crippen LogP contribution in [0.25, 0.3) is 12.2 Å². The second kappa shape index (κ2) is 5.42. The second-order valence-corrected chi connectivity index (χ2v) is 19.5. The molecule has 2 unspecified atom stereocenters. The zero-order valence-electron chi connectivity index (χ0n) is 14.4. The average Bonchev–Trinajstić information content (AvgIpc) is 3.02. The van der Waals surface area contributed by atoms with Crippen molar-refractivity contribution in [2.24, 2.45) is 0 Å². The van der Waals surface area contributed by atoms with Crippen LogP contribution >= 0.6 is 0 Å². The van der Waals surface area contributed by atoms with Crippen LogP contribution in [0.4, 0.5) is 0 Å². The van der Waals surface area contributed by atoms with E-state index in [2.05, 4.69) is 83.8 Å². The third-order valence-electron chi connectivity index (χ3n) is 5.78. The number of hydrogen-bond donors (Lipinski definition) is 0. The number of benzene rings is 2. The first-order valence-electron chi connectivity index (χ1n) is 8.54. The van der Waals surface area contributed by atoms with E-state index in [0.717, 1.165) is 0 Å². The third kappa shape index (κ3) is 2.28. The van der Waals surface area contributed by atoms with Gasteiger partial charge in [-0.05, 0) is 0 Å². The summed E-state index contributed by atoms with van der Waals surface area (Å²) in [6.07, 6.45) is 4.86. The molecule has 2 aromatic rings. The number of hydrogen-bond acceptors (Lipinski definition) is 0. The Labute approximate surface area is 144 Å². The Balaban J connectivity index is 1.84. The molecule has 0 fully saturated rings. The molecule has 2 aliphatic carbocycles. The summed E-state index contributed by atoms with van der Waals surface area (Å²) >= 11 is -2.50. The molecule has 0 aliphatic heterocycles. The van der Waals surface area contributed by atoms with Crippen molar-refractivity contribution in [3.8, 4) is 0 Å². The molecule has 116 valence electrons. The van der Waals surface area contributed by atoms with Crippen molar-refractivity contribution in [1.29, 1.82) is 0 Å². The van der Waals surface area contributed by atoms with Gasteiger partial charge in [-0.3, -0.25) is 0 Å². The van der Waals surface area contributed by atoms with Crippen LogP contribution in [0.2, 0.25) is 9.26 Å². The molecule has 4 rings (SSSR count). The predicted molar refractivity (Wildman–Crippen MR) is 97.4 cm³/mol. The van der Waals surface area contributed by atoms with Crippen molar-refractivity contribution in [2.75, 3.05) is 0 Å². The Morgan fingerprint density at radius 3 is 1.48 bits per heavy atom. The molecule has 2 aromatic carbocycles. The van der Waals surface area contributed by atoms with Gasteiger partial charge in [-0.1, -0.05) is 0 Å². The summed E-state index contributed by atoms with van der Waals surface area (Å²) in [7, 11) is 0. The summed E-state index contributed by atoms with van der Waals surface area (Å²) < 4.78 is 6.70. The summed E-state index contributed by atoms with van der Waals surface area (Å²) in [5.41, 5.74) is 9.25. The summed E-state index contributed by atoms with van der Waals surface area (Å²) in [6.45, 7) is 4.70. The van der Waals surface area contributed by atoms with Gasteiger partial charge in [-0.2, -0.15) is 0 Å². The van der Waals surface area contributed by atoms with Gasteiger partial charge in [-0.25, -0.2) is 0 Å². The maximum atomic E-state index is 2.66. The molecule has 0 amide bonds. The van der Waals surface area contributed by atoms with E-state index in [-0.39, 0.29) is 0 Å². The molecule has 2 aliphatic rings. The van der Waals surface area contributed by atoms with Gasteiger partial charge in [0.2, 0.25) is 0 Å². The first kappa shape index (κ1) is 15.3. The molecule has 0 aromatic heterocycles. The van der Waals surface area contributed by atoms with Gasteiger partial charge in [0.05, 0.1) is 0 Å². The standard InChI is InChI=1S/2C10H9.2CH3.Zr/c2*1-8-6-9-4-2-3-5-10(9)7-8;;;/h2*2-7H,1H3;2*1H3;. The predicted octanol–water partition coefficient (Wildman–Crippen LogP) is 6.55. The Morgan fingerprint density at radius 2 is 1.04 bits per heavy atom. The third-order valence-corrected chi connectivity index (χ3v) is 16.9. The van der Waals surface area contributed by atoms with Crippen molar-refractivity contribution in [1.82, 2.24) is 0 Å². The van der Waals surface area contributed by atoms with Crippen LogP contribution in [-0.2, 0) is 20.3 Å². The fraction of sp³-hybridized carbons (Fsp3) is 0.273. The van der Waals surface area contributed by atoms with E-state index in [0.29, 0.717) is 7.25 Å². The molecule has 23 heavy (non-hydrogen) atoms. The summed E-state index contributed by atoms with van der Waals surface area (Å²) in [5.74, 6) is 0. The van der Waals surface area contributed by atoms with Crippen molar-refractivity contribution in [3.63, 3.8) is 0 Å². The van der Waals surface area contributed by atoms with Gasteiger partial charge in [0, 0.05) is 0 Å². The quantitative estimate of drug-likeness (QED) is 0.555. The molecule has 0 heterocycles. The van der Waals surface area contributed by atoms with Crippen LogP contribution in [0.1, 0.15) is 43.4 Å². The monoisotopic (exact) mass is 378 g/mol. The van der Waals surface area contributed by atoms with E-state index in [9.17, 15) is 0 Å². The Kier molecular flexibility index (Phi) is 3.61. The van der Waals surface area contributed by atoms with E-state index in [1.54, 1.807) is 22.3 Å². The minimum absolute atomic E-state index is 0.694. The van der Waals surface area contributed by atoms with Gasteiger partial charge in [-0.15, -0.1) is 0 Å². The van der Waals surface area contributed by atoms with Crippen molar-refractivity contribution < 1.29 is 20.3 Å². The second-order valence-electron chi connectivity index (χ2n) is 7.72. The van der Waals surface area contributed by atoms with E-state index >= 15 is 0 Å². The number of allylic oxidation sites excluding steroid dienone is 2. The van der Waals surface area contributed by atoms with Crippen molar-refractivity contribution in [3.05, 3.63) is 81.9 Å². The summed E-state index contributed by atoms with van der Waals surface area (Å²) in [6, 6.07) is 18.1. The molecule has 0 saturated heterocycles. The van der Waals surface area contributed by atoms with E-state index in [1.165, 1.54) is 11.1 Å². The molecule has 0 saturated carbocycles. The SMILES string of the molecule is CC1=Cc2ccccc2[CH]1[Zr]([CH3])([CH3])[CH]1C(C)=Cc2ccccc21. The molecular weight excluding hydrogens is 355 g/mol. The van der Waals surface area contributed by atoms with Crippen LogP contribution in [0, 0.1) is 0 Å². The molecule has 0 radical (unpaired) electrons. The van der Waals surface area contributed by atoms with Gasteiger partial charge >= 0.3 is 145 Å². The molecule has 0 nitrogen and oxygen atoms in total. The maximum absolute atomic E-state index is 2.66. The number of fused-ring (bicyclic) bond motifs is 2. The fourth-order valence-electron chi connectivity index (χ4n) is 5.10. The van der Waals surface area contributed by atoms with Crippen LogP contribution < -0.4 is 0 Å². The van der Waals surface area contributed by atoms with Crippen LogP contribution in [-0.4, -0.2) is 0 Å². The molecule has 2 atom stereocenters. The molecule has 0 spiro atoms. The van der Waals surface area contributed by atoms with Gasteiger partial charge in [0.25, 0.3) is 0 Å². The van der Waals surface area contributed by atoms with Gasteiger partial charge in [0.1, 0.15) is 0 Å². The summed E-state index contributed by atoms with van der Waals surface area (Å²) in [4.78, 5) is 0. The van der Waals surface area contributed by atoms with E-state index < -0.39 is 20.3 Å². The Bertz CT molecular complexity index is 769. The minimum atomic E-state index is -2.50. The average molecular weight is 380 g/mol. The fourth-order valence-corrected chi connectivity index (χ4v) is 17.3. The van der Waals surface area contributed by atoms with Crippen molar-refractivity contribution >= 4 is 12.2 Å². The zero-order chi connectivity index (χ0) is 16.2. The number of rotatable bonds is 2. The molecule has 0 N–H and O–H groups in total. The molecule has 1 heteroatoms. The van der Waals surface area contributed by atoms with E-state index in [1.807, 2.05) is 0 Å².